The minimum atomic E-state index is 0.00989. The highest BCUT2D eigenvalue weighted by Crippen LogP contribution is 2.33. The topological polar surface area (TPSA) is 62.3 Å². The van der Waals surface area contributed by atoms with Crippen LogP contribution in [0.25, 0.3) is 0 Å². The second-order valence-electron chi connectivity index (χ2n) is 8.10. The Morgan fingerprint density at radius 3 is 2.66 bits per heavy atom. The van der Waals surface area contributed by atoms with Crippen molar-refractivity contribution in [3.8, 4) is 0 Å². The van der Waals surface area contributed by atoms with Crippen LogP contribution in [0.4, 0.5) is 0 Å². The van der Waals surface area contributed by atoms with Crippen molar-refractivity contribution < 1.29 is 9.59 Å². The number of likely N-dealkylation sites (tertiary alicyclic amines) is 1. The number of rotatable bonds is 5. The Kier molecular flexibility index (Phi) is 6.60. The van der Waals surface area contributed by atoms with Crippen molar-refractivity contribution in [2.24, 2.45) is 5.92 Å². The lowest BCUT2D eigenvalue weighted by Crippen LogP contribution is -2.34. The van der Waals surface area contributed by atoms with Crippen molar-refractivity contribution in [2.75, 3.05) is 19.6 Å². The third-order valence-corrected chi connectivity index (χ3v) is 7.25. The molecule has 1 atom stereocenters. The summed E-state index contributed by atoms with van der Waals surface area (Å²) in [7, 11) is 0. The Hall–Kier alpha value is -2.21. The van der Waals surface area contributed by atoms with Crippen LogP contribution in [0.5, 0.6) is 0 Å². The molecule has 0 unspecified atom stereocenters. The molecule has 0 aromatic carbocycles. The van der Waals surface area contributed by atoms with Crippen LogP contribution < -0.4 is 5.32 Å². The summed E-state index contributed by atoms with van der Waals surface area (Å²) in [5, 5.41) is 3.09. The van der Waals surface area contributed by atoms with Crippen molar-refractivity contribution in [1.82, 2.24) is 15.2 Å². The Morgan fingerprint density at radius 1 is 1.14 bits per heavy atom. The Balaban J connectivity index is 1.32. The minimum absolute atomic E-state index is 0.00989. The van der Waals surface area contributed by atoms with Gasteiger partial charge in [-0.05, 0) is 67.9 Å². The molecule has 5 nitrogen and oxygen atoms in total. The van der Waals surface area contributed by atoms with Gasteiger partial charge in [0.05, 0.1) is 4.88 Å². The summed E-state index contributed by atoms with van der Waals surface area (Å²) in [4.78, 5) is 33.7. The molecule has 2 aromatic rings. The van der Waals surface area contributed by atoms with Gasteiger partial charge in [0.15, 0.2) is 0 Å². The van der Waals surface area contributed by atoms with Crippen LogP contribution in [0.1, 0.15) is 57.8 Å². The standard InChI is InChI=1S/C23H29N3O2S/c27-22(25-12-9-17-7-10-24-11-8-17)18-5-6-20-19(15-18)16-21(29-20)23(28)26-13-3-1-2-4-14-26/h7-8,10-11,16,18H,1-6,9,12-15H2,(H,25,27)/t18-/m1/s1. The Labute approximate surface area is 176 Å². The van der Waals surface area contributed by atoms with E-state index < -0.39 is 0 Å². The van der Waals surface area contributed by atoms with E-state index >= 15 is 0 Å². The van der Waals surface area contributed by atoms with E-state index in [1.165, 1.54) is 28.8 Å². The summed E-state index contributed by atoms with van der Waals surface area (Å²) < 4.78 is 0. The van der Waals surface area contributed by atoms with Crippen LogP contribution in [0.3, 0.4) is 0 Å². The summed E-state index contributed by atoms with van der Waals surface area (Å²) in [6.45, 7) is 2.41. The fourth-order valence-corrected chi connectivity index (χ4v) is 5.48. The van der Waals surface area contributed by atoms with Gasteiger partial charge in [-0.2, -0.15) is 0 Å². The quantitative estimate of drug-likeness (QED) is 0.817. The van der Waals surface area contributed by atoms with E-state index in [9.17, 15) is 9.59 Å². The molecule has 0 spiro atoms. The van der Waals surface area contributed by atoms with Crippen molar-refractivity contribution in [3.05, 3.63) is 51.5 Å². The first-order chi connectivity index (χ1) is 14.2. The first kappa shape index (κ1) is 20.1. The maximum absolute atomic E-state index is 12.9. The SMILES string of the molecule is O=C(NCCc1ccncc1)[C@@H]1CCc2sc(C(=O)N3CCCCCC3)cc2C1. The van der Waals surface area contributed by atoms with Crippen molar-refractivity contribution in [1.29, 1.82) is 0 Å². The fourth-order valence-electron chi connectivity index (χ4n) is 4.31. The maximum atomic E-state index is 12.9. The van der Waals surface area contributed by atoms with Crippen LogP contribution in [-0.4, -0.2) is 41.3 Å². The second-order valence-corrected chi connectivity index (χ2v) is 9.24. The molecule has 2 amide bonds. The number of hydrogen-bond acceptors (Lipinski definition) is 4. The van der Waals surface area contributed by atoms with E-state index in [2.05, 4.69) is 16.4 Å². The van der Waals surface area contributed by atoms with E-state index in [1.54, 1.807) is 23.7 Å². The first-order valence-electron chi connectivity index (χ1n) is 10.8. The average Bonchev–Trinajstić information content (AvgIpc) is 2.99. The molecule has 6 heteroatoms. The fraction of sp³-hybridized carbons (Fsp3) is 0.522. The summed E-state index contributed by atoms with van der Waals surface area (Å²) >= 11 is 1.64. The molecule has 0 bridgehead atoms. The number of aryl methyl sites for hydroxylation is 1. The van der Waals surface area contributed by atoms with E-state index in [-0.39, 0.29) is 17.7 Å². The van der Waals surface area contributed by atoms with Gasteiger partial charge >= 0.3 is 0 Å². The van der Waals surface area contributed by atoms with Gasteiger partial charge in [0.1, 0.15) is 0 Å². The van der Waals surface area contributed by atoms with Gasteiger partial charge in [0.2, 0.25) is 5.91 Å². The Bertz CT molecular complexity index is 841. The molecular weight excluding hydrogens is 382 g/mol. The third kappa shape index (κ3) is 5.04. The lowest BCUT2D eigenvalue weighted by atomic mass is 9.87. The van der Waals surface area contributed by atoms with E-state index in [4.69, 9.17) is 0 Å². The smallest absolute Gasteiger partial charge is 0.263 e. The number of thiophene rings is 1. The zero-order chi connectivity index (χ0) is 20.1. The normalized spacial score (nSPS) is 19.3. The molecule has 1 fully saturated rings. The van der Waals surface area contributed by atoms with Crippen molar-refractivity contribution >= 4 is 23.2 Å². The van der Waals surface area contributed by atoms with Crippen LogP contribution in [0, 0.1) is 5.92 Å². The molecule has 0 radical (unpaired) electrons. The van der Waals surface area contributed by atoms with Gasteiger partial charge in [-0.3, -0.25) is 14.6 Å². The summed E-state index contributed by atoms with van der Waals surface area (Å²) in [5.74, 6) is 0.330. The zero-order valence-corrected chi connectivity index (χ0v) is 17.7. The summed E-state index contributed by atoms with van der Waals surface area (Å²) in [5.41, 5.74) is 2.38. The lowest BCUT2D eigenvalue weighted by molar-refractivity contribution is -0.125. The molecule has 3 heterocycles. The molecule has 1 N–H and O–H groups in total. The minimum Gasteiger partial charge on any atom is -0.356 e. The van der Waals surface area contributed by atoms with Crippen LogP contribution in [0.15, 0.2) is 30.6 Å². The Morgan fingerprint density at radius 2 is 1.90 bits per heavy atom. The lowest BCUT2D eigenvalue weighted by Gasteiger charge is -2.21. The van der Waals surface area contributed by atoms with Crippen molar-refractivity contribution in [3.63, 3.8) is 0 Å². The molecule has 2 aliphatic rings. The number of pyridine rings is 1. The summed E-state index contributed by atoms with van der Waals surface area (Å²) in [6.07, 6.45) is 11.6. The molecule has 29 heavy (non-hydrogen) atoms. The average molecular weight is 412 g/mol. The van der Waals surface area contributed by atoms with Crippen LogP contribution in [-0.2, 0) is 24.1 Å². The second kappa shape index (κ2) is 9.53. The molecule has 1 aliphatic heterocycles. The molecule has 1 aliphatic carbocycles. The monoisotopic (exact) mass is 411 g/mol. The number of nitrogens with zero attached hydrogens (tertiary/aromatic N) is 2. The number of fused-ring (bicyclic) bond motifs is 1. The number of carbonyl (C=O) groups excluding carboxylic acids is 2. The molecule has 0 saturated carbocycles. The number of carbonyl (C=O) groups is 2. The first-order valence-corrected chi connectivity index (χ1v) is 11.6. The number of aromatic nitrogens is 1. The van der Waals surface area contributed by atoms with E-state index in [0.717, 1.165) is 56.5 Å². The highest BCUT2D eigenvalue weighted by molar-refractivity contribution is 7.14. The number of nitrogens with one attached hydrogen (secondary N) is 1. The van der Waals surface area contributed by atoms with Gasteiger partial charge in [-0.15, -0.1) is 11.3 Å². The predicted molar refractivity (Wildman–Crippen MR) is 115 cm³/mol. The van der Waals surface area contributed by atoms with Crippen LogP contribution >= 0.6 is 11.3 Å². The molecule has 4 rings (SSSR count). The van der Waals surface area contributed by atoms with Gasteiger partial charge in [0, 0.05) is 42.8 Å². The number of hydrogen-bond donors (Lipinski definition) is 1. The molecule has 2 aromatic heterocycles. The maximum Gasteiger partial charge on any atom is 0.263 e. The van der Waals surface area contributed by atoms with Crippen LogP contribution in [0.2, 0.25) is 0 Å². The number of amides is 2. The highest BCUT2D eigenvalue weighted by Gasteiger charge is 2.28. The third-order valence-electron chi connectivity index (χ3n) is 6.02. The van der Waals surface area contributed by atoms with Gasteiger partial charge in [-0.25, -0.2) is 0 Å². The van der Waals surface area contributed by atoms with Gasteiger partial charge in [-0.1, -0.05) is 12.8 Å². The largest absolute Gasteiger partial charge is 0.356 e. The van der Waals surface area contributed by atoms with E-state index in [0.29, 0.717) is 6.54 Å². The van der Waals surface area contributed by atoms with E-state index in [1.807, 2.05) is 17.0 Å². The zero-order valence-electron chi connectivity index (χ0n) is 16.9. The predicted octanol–water partition coefficient (Wildman–Crippen LogP) is 3.62. The molecular formula is C23H29N3O2S. The molecule has 1 saturated heterocycles. The highest BCUT2D eigenvalue weighted by atomic mass is 32.1. The molecule has 154 valence electrons. The summed E-state index contributed by atoms with van der Waals surface area (Å²) in [6, 6.07) is 6.02. The van der Waals surface area contributed by atoms with Crippen molar-refractivity contribution in [2.45, 2.75) is 51.4 Å². The van der Waals surface area contributed by atoms with Gasteiger partial charge in [0.25, 0.3) is 5.91 Å². The van der Waals surface area contributed by atoms with Gasteiger partial charge < -0.3 is 10.2 Å².